The van der Waals surface area contributed by atoms with Crippen LogP contribution in [0.25, 0.3) is 0 Å². The Labute approximate surface area is 113 Å². The topological polar surface area (TPSA) is 3.24 Å². The molecule has 0 bridgehead atoms. The maximum atomic E-state index is 13.6. The first-order valence-electron chi connectivity index (χ1n) is 5.48. The van der Waals surface area contributed by atoms with E-state index in [2.05, 4.69) is 15.9 Å². The van der Waals surface area contributed by atoms with E-state index in [9.17, 15) is 8.78 Å². The molecule has 0 aliphatic rings. The monoisotopic (exact) mass is 311 g/mol. The Hall–Kier alpha value is -1.42. The number of hydrogen-bond acceptors (Lipinski definition) is 1. The van der Waals surface area contributed by atoms with E-state index >= 15 is 0 Å². The molecule has 0 saturated heterocycles. The van der Waals surface area contributed by atoms with Gasteiger partial charge < -0.3 is 4.90 Å². The third-order valence-corrected chi connectivity index (χ3v) is 3.59. The molecule has 0 fully saturated rings. The lowest BCUT2D eigenvalue weighted by atomic mass is 10.2. The minimum atomic E-state index is -0.311. The molecule has 2 rings (SSSR count). The van der Waals surface area contributed by atoms with Crippen LogP contribution >= 0.6 is 15.9 Å². The summed E-state index contributed by atoms with van der Waals surface area (Å²) >= 11 is 3.20. The summed E-state index contributed by atoms with van der Waals surface area (Å²) in [5.74, 6) is -0.595. The van der Waals surface area contributed by atoms with Gasteiger partial charge in [0.15, 0.2) is 0 Å². The fourth-order valence-corrected chi connectivity index (χ4v) is 2.16. The van der Waals surface area contributed by atoms with Crippen molar-refractivity contribution in [2.45, 2.75) is 6.54 Å². The van der Waals surface area contributed by atoms with E-state index in [1.165, 1.54) is 12.1 Å². The van der Waals surface area contributed by atoms with Crippen LogP contribution in [0.2, 0.25) is 0 Å². The third kappa shape index (κ3) is 2.70. The largest absolute Gasteiger partial charge is 0.368 e. The maximum absolute atomic E-state index is 13.6. The molecular formula is C14H12BrF2N. The van der Waals surface area contributed by atoms with Crippen LogP contribution < -0.4 is 4.90 Å². The Morgan fingerprint density at radius 2 is 1.67 bits per heavy atom. The van der Waals surface area contributed by atoms with Gasteiger partial charge in [-0.1, -0.05) is 24.3 Å². The van der Waals surface area contributed by atoms with Gasteiger partial charge >= 0.3 is 0 Å². The Kier molecular flexibility index (Phi) is 3.97. The van der Waals surface area contributed by atoms with Crippen molar-refractivity contribution in [1.82, 2.24) is 0 Å². The van der Waals surface area contributed by atoms with Crippen LogP contribution in [0.4, 0.5) is 14.5 Å². The second-order valence-electron chi connectivity index (χ2n) is 4.02. The second-order valence-corrected chi connectivity index (χ2v) is 4.81. The number of para-hydroxylation sites is 1. The summed E-state index contributed by atoms with van der Waals surface area (Å²) in [5.41, 5.74) is 1.27. The SMILES string of the molecule is CN(Cc1cccc(F)c1Br)c1ccccc1F. The van der Waals surface area contributed by atoms with Gasteiger partial charge in [-0.2, -0.15) is 0 Å². The van der Waals surface area contributed by atoms with Crippen molar-refractivity contribution in [3.8, 4) is 0 Å². The zero-order valence-corrected chi connectivity index (χ0v) is 11.4. The molecule has 0 unspecified atom stereocenters. The summed E-state index contributed by atoms with van der Waals surface area (Å²) in [6, 6.07) is 11.4. The molecule has 4 heteroatoms. The Balaban J connectivity index is 2.24. The van der Waals surface area contributed by atoms with Crippen LogP contribution in [0, 0.1) is 11.6 Å². The van der Waals surface area contributed by atoms with Crippen molar-refractivity contribution in [3.63, 3.8) is 0 Å². The Morgan fingerprint density at radius 1 is 1.00 bits per heavy atom. The van der Waals surface area contributed by atoms with Crippen molar-refractivity contribution in [1.29, 1.82) is 0 Å². The predicted octanol–water partition coefficient (Wildman–Crippen LogP) is 4.36. The van der Waals surface area contributed by atoms with Gasteiger partial charge in [-0.3, -0.25) is 0 Å². The summed E-state index contributed by atoms with van der Waals surface area (Å²) in [7, 11) is 1.77. The van der Waals surface area contributed by atoms with E-state index in [1.54, 1.807) is 36.2 Å². The van der Waals surface area contributed by atoms with E-state index < -0.39 is 0 Å². The number of nitrogens with zero attached hydrogens (tertiary/aromatic N) is 1. The highest BCUT2D eigenvalue weighted by atomic mass is 79.9. The lowest BCUT2D eigenvalue weighted by Gasteiger charge is -2.20. The van der Waals surface area contributed by atoms with Gasteiger partial charge in [0, 0.05) is 13.6 Å². The number of benzene rings is 2. The van der Waals surface area contributed by atoms with Gasteiger partial charge in [-0.25, -0.2) is 8.78 Å². The zero-order chi connectivity index (χ0) is 13.1. The van der Waals surface area contributed by atoms with Gasteiger partial charge in [0.1, 0.15) is 11.6 Å². The highest BCUT2D eigenvalue weighted by Gasteiger charge is 2.10. The highest BCUT2D eigenvalue weighted by Crippen LogP contribution is 2.24. The van der Waals surface area contributed by atoms with Gasteiger partial charge in [0.25, 0.3) is 0 Å². The first-order valence-corrected chi connectivity index (χ1v) is 6.27. The standard InChI is InChI=1S/C14H12BrF2N/c1-18(13-8-3-2-6-11(13)16)9-10-5-4-7-12(17)14(10)15/h2-8H,9H2,1H3. The van der Waals surface area contributed by atoms with Crippen LogP contribution in [0.1, 0.15) is 5.56 Å². The smallest absolute Gasteiger partial charge is 0.146 e. The molecule has 1 nitrogen and oxygen atoms in total. The third-order valence-electron chi connectivity index (χ3n) is 2.70. The predicted molar refractivity (Wildman–Crippen MR) is 72.6 cm³/mol. The van der Waals surface area contributed by atoms with E-state index in [1.807, 2.05) is 6.07 Å². The molecule has 0 spiro atoms. The van der Waals surface area contributed by atoms with E-state index in [-0.39, 0.29) is 11.6 Å². The molecular weight excluding hydrogens is 300 g/mol. The van der Waals surface area contributed by atoms with Crippen LogP contribution in [0.15, 0.2) is 46.9 Å². The van der Waals surface area contributed by atoms with Crippen molar-refractivity contribution in [2.24, 2.45) is 0 Å². The van der Waals surface area contributed by atoms with E-state index in [0.29, 0.717) is 16.7 Å². The van der Waals surface area contributed by atoms with Crippen LogP contribution in [-0.2, 0) is 6.54 Å². The first kappa shape index (κ1) is 13.0. The van der Waals surface area contributed by atoms with E-state index in [4.69, 9.17) is 0 Å². The molecule has 0 aromatic heterocycles. The normalized spacial score (nSPS) is 10.4. The fourth-order valence-electron chi connectivity index (χ4n) is 1.77. The molecule has 0 atom stereocenters. The van der Waals surface area contributed by atoms with Crippen LogP contribution in [0.3, 0.4) is 0 Å². The average Bonchev–Trinajstić information content (AvgIpc) is 2.35. The van der Waals surface area contributed by atoms with Gasteiger partial charge in [-0.05, 0) is 39.7 Å². The lowest BCUT2D eigenvalue weighted by molar-refractivity contribution is 0.614. The molecule has 0 aliphatic carbocycles. The fraction of sp³-hybridized carbons (Fsp3) is 0.143. The maximum Gasteiger partial charge on any atom is 0.146 e. The second kappa shape index (κ2) is 5.48. The molecule has 18 heavy (non-hydrogen) atoms. The molecule has 0 N–H and O–H groups in total. The molecule has 2 aromatic rings. The minimum Gasteiger partial charge on any atom is -0.368 e. The summed E-state index contributed by atoms with van der Waals surface area (Å²) in [4.78, 5) is 1.74. The summed E-state index contributed by atoms with van der Waals surface area (Å²) < 4.78 is 27.4. The van der Waals surface area contributed by atoms with Crippen molar-refractivity contribution < 1.29 is 8.78 Å². The quantitative estimate of drug-likeness (QED) is 0.814. The molecule has 0 heterocycles. The van der Waals surface area contributed by atoms with Crippen molar-refractivity contribution in [2.75, 3.05) is 11.9 Å². The molecule has 0 radical (unpaired) electrons. The zero-order valence-electron chi connectivity index (χ0n) is 9.83. The van der Waals surface area contributed by atoms with Crippen LogP contribution in [0.5, 0.6) is 0 Å². The van der Waals surface area contributed by atoms with Crippen molar-refractivity contribution in [3.05, 3.63) is 64.1 Å². The first-order chi connectivity index (χ1) is 8.59. The molecule has 2 aromatic carbocycles. The highest BCUT2D eigenvalue weighted by molar-refractivity contribution is 9.10. The average molecular weight is 312 g/mol. The van der Waals surface area contributed by atoms with Crippen molar-refractivity contribution >= 4 is 21.6 Å². The number of rotatable bonds is 3. The molecule has 0 aliphatic heterocycles. The van der Waals surface area contributed by atoms with E-state index in [0.717, 1.165) is 5.56 Å². The molecule has 0 saturated carbocycles. The molecule has 94 valence electrons. The van der Waals surface area contributed by atoms with Gasteiger partial charge in [0.05, 0.1) is 10.2 Å². The van der Waals surface area contributed by atoms with Crippen LogP contribution in [-0.4, -0.2) is 7.05 Å². The molecule has 0 amide bonds. The summed E-state index contributed by atoms with van der Waals surface area (Å²) in [6.45, 7) is 0.430. The summed E-state index contributed by atoms with van der Waals surface area (Å²) in [6.07, 6.45) is 0. The lowest BCUT2D eigenvalue weighted by Crippen LogP contribution is -2.18. The number of hydrogen-bond donors (Lipinski definition) is 0. The summed E-state index contributed by atoms with van der Waals surface area (Å²) in [5, 5.41) is 0. The minimum absolute atomic E-state index is 0.285. The van der Waals surface area contributed by atoms with Gasteiger partial charge in [-0.15, -0.1) is 0 Å². The Bertz CT molecular complexity index is 557. The number of halogens is 3. The Morgan fingerprint density at radius 3 is 2.39 bits per heavy atom. The van der Waals surface area contributed by atoms with Gasteiger partial charge in [0.2, 0.25) is 0 Å². The number of anilines is 1.